The van der Waals surface area contributed by atoms with Crippen LogP contribution in [0.4, 0.5) is 5.13 Å². The van der Waals surface area contributed by atoms with Gasteiger partial charge in [0.1, 0.15) is 0 Å². The number of thiazole rings is 1. The Hall–Kier alpha value is -1.14. The zero-order chi connectivity index (χ0) is 13.7. The third-order valence-electron chi connectivity index (χ3n) is 2.93. The van der Waals surface area contributed by atoms with E-state index in [2.05, 4.69) is 34.4 Å². The maximum atomic E-state index is 11.5. The largest absolute Gasteiger partial charge is 0.354 e. The van der Waals surface area contributed by atoms with E-state index in [0.717, 1.165) is 37.7 Å². The first kappa shape index (κ1) is 14.3. The van der Waals surface area contributed by atoms with E-state index in [-0.39, 0.29) is 5.91 Å². The topological polar surface area (TPSA) is 57.3 Å². The molecule has 0 saturated carbocycles. The lowest BCUT2D eigenvalue weighted by molar-refractivity contribution is -0.119. The van der Waals surface area contributed by atoms with E-state index >= 15 is 0 Å². The van der Waals surface area contributed by atoms with E-state index in [9.17, 15) is 4.79 Å². The molecule has 2 heterocycles. The summed E-state index contributed by atoms with van der Waals surface area (Å²) in [6.07, 6.45) is 2.89. The van der Waals surface area contributed by atoms with Gasteiger partial charge in [-0.1, -0.05) is 13.8 Å². The van der Waals surface area contributed by atoms with Gasteiger partial charge in [0.05, 0.1) is 6.54 Å². The van der Waals surface area contributed by atoms with Gasteiger partial charge in [0.2, 0.25) is 5.91 Å². The van der Waals surface area contributed by atoms with Crippen molar-refractivity contribution in [1.82, 2.24) is 15.6 Å². The van der Waals surface area contributed by atoms with Gasteiger partial charge < -0.3 is 15.5 Å². The number of aromatic nitrogens is 1. The van der Waals surface area contributed by atoms with Gasteiger partial charge in [-0.3, -0.25) is 4.79 Å². The molecule has 0 aromatic carbocycles. The number of carbonyl (C=O) groups is 1. The van der Waals surface area contributed by atoms with Crippen LogP contribution >= 0.6 is 11.3 Å². The summed E-state index contributed by atoms with van der Waals surface area (Å²) in [5.74, 6) is 0.744. The summed E-state index contributed by atoms with van der Waals surface area (Å²) < 4.78 is 0. The molecular formula is C13H22N4OS. The van der Waals surface area contributed by atoms with Crippen LogP contribution in [0.1, 0.15) is 25.1 Å². The average molecular weight is 282 g/mol. The highest BCUT2D eigenvalue weighted by molar-refractivity contribution is 7.15. The molecule has 2 rings (SSSR count). The molecule has 2 N–H and O–H groups in total. The quantitative estimate of drug-likeness (QED) is 0.852. The van der Waals surface area contributed by atoms with Gasteiger partial charge in [0, 0.05) is 30.7 Å². The third-order valence-corrected chi connectivity index (χ3v) is 3.98. The highest BCUT2D eigenvalue weighted by Gasteiger charge is 2.17. The number of rotatable bonds is 5. The van der Waals surface area contributed by atoms with Gasteiger partial charge in [-0.05, 0) is 18.9 Å². The molecule has 0 spiro atoms. The molecule has 0 aliphatic carbocycles. The maximum absolute atomic E-state index is 11.5. The summed E-state index contributed by atoms with van der Waals surface area (Å²) in [5.41, 5.74) is 0. The molecule has 1 fully saturated rings. The van der Waals surface area contributed by atoms with E-state index in [1.807, 2.05) is 6.20 Å². The monoisotopic (exact) mass is 282 g/mol. The normalized spacial score (nSPS) is 16.6. The molecule has 0 unspecified atom stereocenters. The highest BCUT2D eigenvalue weighted by atomic mass is 32.1. The number of carbonyl (C=O) groups excluding carboxylic acids is 1. The Balaban J connectivity index is 1.90. The van der Waals surface area contributed by atoms with Crippen LogP contribution in [0, 0.1) is 5.92 Å². The first-order valence-electron chi connectivity index (χ1n) is 6.82. The number of nitrogens with zero attached hydrogens (tertiary/aromatic N) is 2. The van der Waals surface area contributed by atoms with Crippen molar-refractivity contribution in [1.29, 1.82) is 0 Å². The molecule has 0 radical (unpaired) electrons. The van der Waals surface area contributed by atoms with E-state index < -0.39 is 0 Å². The summed E-state index contributed by atoms with van der Waals surface area (Å²) >= 11 is 1.67. The lowest BCUT2D eigenvalue weighted by Crippen LogP contribution is -2.32. The number of amides is 1. The fourth-order valence-electron chi connectivity index (χ4n) is 1.98. The second kappa shape index (κ2) is 6.86. The van der Waals surface area contributed by atoms with E-state index in [4.69, 9.17) is 0 Å². The predicted octanol–water partition coefficient (Wildman–Crippen LogP) is 1.21. The Kier molecular flexibility index (Phi) is 5.15. The van der Waals surface area contributed by atoms with Crippen molar-refractivity contribution in [2.24, 2.45) is 5.92 Å². The molecule has 1 aromatic heterocycles. The number of nitrogens with one attached hydrogen (secondary N) is 2. The van der Waals surface area contributed by atoms with Crippen LogP contribution in [0.25, 0.3) is 0 Å². The lowest BCUT2D eigenvalue weighted by Gasteiger charge is -2.17. The fourth-order valence-corrected chi connectivity index (χ4v) is 2.88. The first-order valence-corrected chi connectivity index (χ1v) is 7.64. The highest BCUT2D eigenvalue weighted by Crippen LogP contribution is 2.23. The molecule has 19 heavy (non-hydrogen) atoms. The van der Waals surface area contributed by atoms with Gasteiger partial charge >= 0.3 is 0 Å². The Labute approximate surface area is 118 Å². The minimum absolute atomic E-state index is 0.0900. The Morgan fingerprint density at radius 2 is 2.42 bits per heavy atom. The van der Waals surface area contributed by atoms with E-state index in [1.54, 1.807) is 11.3 Å². The number of anilines is 1. The molecular weight excluding hydrogens is 260 g/mol. The second-order valence-corrected chi connectivity index (χ2v) is 6.35. The standard InChI is InChI=1S/C13H22N4OS/c1-10(2)6-14-7-11-8-16-13(19-11)17-5-3-4-15-12(18)9-17/h8,10,14H,3-7,9H2,1-2H3,(H,15,18). The van der Waals surface area contributed by atoms with Crippen molar-refractivity contribution in [2.45, 2.75) is 26.8 Å². The number of hydrogen-bond donors (Lipinski definition) is 2. The van der Waals surface area contributed by atoms with Crippen LogP contribution < -0.4 is 15.5 Å². The molecule has 1 aliphatic heterocycles. The van der Waals surface area contributed by atoms with Gasteiger partial charge in [0.25, 0.3) is 0 Å². The minimum atomic E-state index is 0.0900. The van der Waals surface area contributed by atoms with Crippen molar-refractivity contribution >= 4 is 22.4 Å². The van der Waals surface area contributed by atoms with Gasteiger partial charge in [-0.15, -0.1) is 11.3 Å². The zero-order valence-electron chi connectivity index (χ0n) is 11.6. The molecule has 1 saturated heterocycles. The maximum Gasteiger partial charge on any atom is 0.239 e. The summed E-state index contributed by atoms with van der Waals surface area (Å²) in [6.45, 7) is 8.35. The Morgan fingerprint density at radius 3 is 3.21 bits per heavy atom. The summed E-state index contributed by atoms with van der Waals surface area (Å²) in [5, 5.41) is 7.25. The molecule has 6 heteroatoms. The van der Waals surface area contributed by atoms with Gasteiger partial charge in [-0.25, -0.2) is 4.98 Å². The van der Waals surface area contributed by atoms with E-state index in [0.29, 0.717) is 12.5 Å². The van der Waals surface area contributed by atoms with Crippen molar-refractivity contribution in [3.05, 3.63) is 11.1 Å². The molecule has 1 amide bonds. The van der Waals surface area contributed by atoms with Crippen molar-refractivity contribution < 1.29 is 4.79 Å². The molecule has 5 nitrogen and oxygen atoms in total. The van der Waals surface area contributed by atoms with Crippen LogP contribution in [0.15, 0.2) is 6.20 Å². The van der Waals surface area contributed by atoms with Crippen LogP contribution in [0.3, 0.4) is 0 Å². The molecule has 1 aromatic rings. The van der Waals surface area contributed by atoms with Crippen molar-refractivity contribution in [3.8, 4) is 0 Å². The van der Waals surface area contributed by atoms with Crippen molar-refractivity contribution in [2.75, 3.05) is 31.1 Å². The SMILES string of the molecule is CC(C)CNCc1cnc(N2CCCNC(=O)C2)s1. The second-order valence-electron chi connectivity index (χ2n) is 5.26. The average Bonchev–Trinajstić information content (AvgIpc) is 2.71. The molecule has 106 valence electrons. The summed E-state index contributed by atoms with van der Waals surface area (Å²) in [7, 11) is 0. The smallest absolute Gasteiger partial charge is 0.239 e. The summed E-state index contributed by atoms with van der Waals surface area (Å²) in [6, 6.07) is 0. The van der Waals surface area contributed by atoms with Crippen molar-refractivity contribution in [3.63, 3.8) is 0 Å². The van der Waals surface area contributed by atoms with Crippen LogP contribution in [-0.2, 0) is 11.3 Å². The minimum Gasteiger partial charge on any atom is -0.354 e. The first-order chi connectivity index (χ1) is 9.15. The van der Waals surface area contributed by atoms with Gasteiger partial charge in [-0.2, -0.15) is 0 Å². The van der Waals surface area contributed by atoms with Crippen LogP contribution in [0.5, 0.6) is 0 Å². The Bertz CT molecular complexity index is 419. The number of hydrogen-bond acceptors (Lipinski definition) is 5. The van der Waals surface area contributed by atoms with Crippen LogP contribution in [-0.4, -0.2) is 37.1 Å². The predicted molar refractivity (Wildman–Crippen MR) is 78.5 cm³/mol. The van der Waals surface area contributed by atoms with Gasteiger partial charge in [0.15, 0.2) is 5.13 Å². The Morgan fingerprint density at radius 1 is 1.58 bits per heavy atom. The molecule has 1 aliphatic rings. The third kappa shape index (κ3) is 4.47. The zero-order valence-corrected chi connectivity index (χ0v) is 12.4. The molecule has 0 atom stereocenters. The van der Waals surface area contributed by atoms with Crippen LogP contribution in [0.2, 0.25) is 0 Å². The molecule has 0 bridgehead atoms. The fraction of sp³-hybridized carbons (Fsp3) is 0.692. The summed E-state index contributed by atoms with van der Waals surface area (Å²) in [4.78, 5) is 19.3. The lowest BCUT2D eigenvalue weighted by atomic mass is 10.2. The van der Waals surface area contributed by atoms with E-state index in [1.165, 1.54) is 4.88 Å².